The molecule has 1 heterocycles. The molecule has 0 bridgehead atoms. The van der Waals surface area contributed by atoms with Crippen molar-refractivity contribution < 1.29 is 30.8 Å². The summed E-state index contributed by atoms with van der Waals surface area (Å²) in [5.74, 6) is -9.74. The maximum Gasteiger partial charge on any atom is 0.178 e. The average molecular weight is 480 g/mol. The lowest BCUT2D eigenvalue weighted by molar-refractivity contribution is 0.549. The van der Waals surface area contributed by atoms with Crippen molar-refractivity contribution in [3.63, 3.8) is 0 Å². The van der Waals surface area contributed by atoms with Crippen LogP contribution in [0.2, 0.25) is 0 Å². The van der Waals surface area contributed by atoms with Crippen molar-refractivity contribution in [2.45, 2.75) is 13.8 Å². The quantitative estimate of drug-likeness (QED) is 0.355. The first kappa shape index (κ1) is 23.2. The first-order valence-corrected chi connectivity index (χ1v) is 9.44. The van der Waals surface area contributed by atoms with E-state index in [0.29, 0.717) is 0 Å². The molecular weight excluding hydrogens is 474 g/mol. The molecule has 0 saturated carbocycles. The molecular formula is C24H6F6N4O. The molecule has 1 aromatic heterocycles. The minimum Gasteiger partial charge on any atom is -0.450 e. The number of fused-ring (bicyclic) bond motifs is 5. The summed E-state index contributed by atoms with van der Waals surface area (Å²) in [4.78, 5) is 0. The Labute approximate surface area is 190 Å². The van der Waals surface area contributed by atoms with Crippen LogP contribution in [0.5, 0.6) is 0 Å². The number of nitrogens with zero attached hydrogens (tertiary/aromatic N) is 4. The number of hydrogen-bond donors (Lipinski definition) is 0. The smallest absolute Gasteiger partial charge is 0.178 e. The summed E-state index contributed by atoms with van der Waals surface area (Å²) in [5.41, 5.74) is -4.64. The van der Waals surface area contributed by atoms with Crippen molar-refractivity contribution in [1.29, 1.82) is 21.0 Å². The van der Waals surface area contributed by atoms with Gasteiger partial charge in [0.15, 0.2) is 22.8 Å². The third kappa shape index (κ3) is 2.79. The van der Waals surface area contributed by atoms with Crippen LogP contribution in [0.4, 0.5) is 26.3 Å². The van der Waals surface area contributed by atoms with E-state index >= 15 is 26.3 Å². The molecule has 5 nitrogen and oxygen atoms in total. The van der Waals surface area contributed by atoms with E-state index in [0.717, 1.165) is 0 Å². The van der Waals surface area contributed by atoms with E-state index in [4.69, 9.17) is 25.5 Å². The second-order valence-corrected chi connectivity index (χ2v) is 7.47. The molecule has 0 aliphatic carbocycles. The molecule has 0 aliphatic heterocycles. The van der Waals surface area contributed by atoms with Gasteiger partial charge in [-0.05, 0) is 13.8 Å². The molecule has 3 aromatic carbocycles. The summed E-state index contributed by atoms with van der Waals surface area (Å²) >= 11 is 0. The Balaban J connectivity index is 2.67. The highest BCUT2D eigenvalue weighted by Gasteiger charge is 2.31. The van der Waals surface area contributed by atoms with Gasteiger partial charge in [-0.1, -0.05) is 5.57 Å². The summed E-state index contributed by atoms with van der Waals surface area (Å²) in [6, 6.07) is 5.04. The molecule has 0 atom stereocenters. The number of halogens is 6. The van der Waals surface area contributed by atoms with Gasteiger partial charge in [-0.3, -0.25) is 0 Å². The molecule has 0 amide bonds. The lowest BCUT2D eigenvalue weighted by Gasteiger charge is -1.91. The normalized spacial score (nSPS) is 10.7. The molecule has 4 aromatic rings. The SMILES string of the molecule is CC(C)=c1c(F)c2c3c(F)c(=C(C#N)C#N)c(F)c3oc3c(F)c(=C(C#N)C#N)c(F)c3c2c1F. The second-order valence-electron chi connectivity index (χ2n) is 7.47. The number of hydrogen-bond acceptors (Lipinski definition) is 5. The lowest BCUT2D eigenvalue weighted by atomic mass is 10.1. The number of nitriles is 4. The van der Waals surface area contributed by atoms with Gasteiger partial charge in [0.05, 0.1) is 21.2 Å². The minimum atomic E-state index is -1.72. The van der Waals surface area contributed by atoms with Crippen molar-refractivity contribution >= 4 is 49.4 Å². The van der Waals surface area contributed by atoms with E-state index in [1.165, 1.54) is 38.1 Å². The highest BCUT2D eigenvalue weighted by molar-refractivity contribution is 6.17. The van der Waals surface area contributed by atoms with Crippen molar-refractivity contribution in [3.8, 4) is 24.3 Å². The minimum absolute atomic E-state index is 0.0000127. The van der Waals surface area contributed by atoms with Crippen LogP contribution in [0.1, 0.15) is 13.8 Å². The summed E-state index contributed by atoms with van der Waals surface area (Å²) < 4.78 is 97.5. The van der Waals surface area contributed by atoms with Gasteiger partial charge in [-0.2, -0.15) is 21.0 Å². The molecule has 0 radical (unpaired) electrons. The van der Waals surface area contributed by atoms with Crippen molar-refractivity contribution in [1.82, 2.24) is 0 Å². The summed E-state index contributed by atoms with van der Waals surface area (Å²) in [7, 11) is 0. The van der Waals surface area contributed by atoms with Gasteiger partial charge in [0.1, 0.15) is 58.7 Å². The van der Waals surface area contributed by atoms with Crippen LogP contribution in [-0.2, 0) is 0 Å². The molecule has 11 heteroatoms. The van der Waals surface area contributed by atoms with Crippen LogP contribution in [0.25, 0.3) is 49.4 Å². The van der Waals surface area contributed by atoms with E-state index in [2.05, 4.69) is 0 Å². The molecule has 35 heavy (non-hydrogen) atoms. The van der Waals surface area contributed by atoms with Crippen molar-refractivity contribution in [3.05, 3.63) is 50.6 Å². The Morgan fingerprint density at radius 3 is 1.11 bits per heavy atom. The van der Waals surface area contributed by atoms with Gasteiger partial charge >= 0.3 is 0 Å². The zero-order valence-electron chi connectivity index (χ0n) is 17.5. The second kappa shape index (κ2) is 7.80. The van der Waals surface area contributed by atoms with Gasteiger partial charge in [-0.15, -0.1) is 0 Å². The maximum atomic E-state index is 15.5. The molecule has 170 valence electrons. The van der Waals surface area contributed by atoms with Crippen molar-refractivity contribution in [2.75, 3.05) is 0 Å². The van der Waals surface area contributed by atoms with E-state index in [9.17, 15) is 0 Å². The Morgan fingerprint density at radius 1 is 0.514 bits per heavy atom. The molecule has 4 rings (SSSR count). The van der Waals surface area contributed by atoms with Gasteiger partial charge in [-0.25, -0.2) is 26.3 Å². The van der Waals surface area contributed by atoms with E-state index in [1.54, 1.807) is 0 Å². The van der Waals surface area contributed by atoms with Gasteiger partial charge in [0, 0.05) is 16.0 Å². The monoisotopic (exact) mass is 480 g/mol. The van der Waals surface area contributed by atoms with E-state index < -0.39 is 94.4 Å². The zero-order chi connectivity index (χ0) is 25.9. The molecule has 0 fully saturated rings. The van der Waals surface area contributed by atoms with E-state index in [1.807, 2.05) is 0 Å². The topological polar surface area (TPSA) is 108 Å². The Kier molecular flexibility index (Phi) is 5.16. The summed E-state index contributed by atoms with van der Waals surface area (Å²) in [5, 5.41) is 28.8. The van der Waals surface area contributed by atoms with Crippen LogP contribution < -0.4 is 15.7 Å². The van der Waals surface area contributed by atoms with Crippen LogP contribution in [0.3, 0.4) is 0 Å². The fourth-order valence-corrected chi connectivity index (χ4v) is 4.02. The fraction of sp³-hybridized carbons (Fsp3) is 0.0833. The molecule has 0 spiro atoms. The maximum absolute atomic E-state index is 15.5. The number of rotatable bonds is 0. The molecule has 0 aliphatic rings. The molecule has 0 saturated heterocycles. The Hall–Kier alpha value is -5.00. The largest absolute Gasteiger partial charge is 0.450 e. The average Bonchev–Trinajstić information content (AvgIpc) is 3.24. The van der Waals surface area contributed by atoms with Crippen molar-refractivity contribution in [2.24, 2.45) is 0 Å². The molecule has 0 unspecified atom stereocenters. The molecule has 0 N–H and O–H groups in total. The Morgan fingerprint density at radius 2 is 0.829 bits per heavy atom. The van der Waals surface area contributed by atoms with Gasteiger partial charge in [0.2, 0.25) is 0 Å². The van der Waals surface area contributed by atoms with Crippen LogP contribution in [0.15, 0.2) is 4.42 Å². The third-order valence-electron chi connectivity index (χ3n) is 5.45. The van der Waals surface area contributed by atoms with Gasteiger partial charge < -0.3 is 4.42 Å². The first-order chi connectivity index (χ1) is 16.6. The fourth-order valence-electron chi connectivity index (χ4n) is 4.02. The Bertz CT molecular complexity index is 1860. The standard InChI is InChI=1S/C24H6F6N4O/c1-7(2)10-17(25)13-14(18(10)26)16-20(28)12(9(5-33)6-34)22(30)24(16)35-23-15(13)19(27)11(21(23)29)8(3-31)4-32/h1-2H3. The van der Waals surface area contributed by atoms with E-state index in [-0.39, 0.29) is 5.57 Å². The summed E-state index contributed by atoms with van der Waals surface area (Å²) in [6.45, 7) is 2.54. The predicted octanol–water partition coefficient (Wildman–Crippen LogP) is 3.88. The van der Waals surface area contributed by atoms with Crippen LogP contribution >= 0.6 is 0 Å². The summed E-state index contributed by atoms with van der Waals surface area (Å²) in [6.07, 6.45) is 0. The highest BCUT2D eigenvalue weighted by Crippen LogP contribution is 2.38. The van der Waals surface area contributed by atoms with Crippen LogP contribution in [-0.4, -0.2) is 0 Å². The predicted molar refractivity (Wildman–Crippen MR) is 109 cm³/mol. The lowest BCUT2D eigenvalue weighted by Crippen LogP contribution is -2.11. The third-order valence-corrected chi connectivity index (χ3v) is 5.45. The zero-order valence-corrected chi connectivity index (χ0v) is 17.5. The highest BCUT2D eigenvalue weighted by atomic mass is 19.2. The first-order valence-electron chi connectivity index (χ1n) is 9.44. The van der Waals surface area contributed by atoms with Crippen LogP contribution in [0, 0.1) is 80.2 Å². The van der Waals surface area contributed by atoms with Gasteiger partial charge in [0.25, 0.3) is 0 Å².